The Morgan fingerprint density at radius 2 is 1.66 bits per heavy atom. The van der Waals surface area contributed by atoms with Crippen molar-refractivity contribution in [1.29, 1.82) is 0 Å². The summed E-state index contributed by atoms with van der Waals surface area (Å²) in [4.78, 5) is 15.6. The molecule has 1 aliphatic carbocycles. The van der Waals surface area contributed by atoms with Gasteiger partial charge < -0.3 is 14.7 Å². The molecule has 1 N–H and O–H groups in total. The average Bonchev–Trinajstić information content (AvgIpc) is 3.14. The van der Waals surface area contributed by atoms with Gasteiger partial charge >= 0.3 is 0 Å². The lowest BCUT2D eigenvalue weighted by atomic mass is 9.88. The molecule has 3 fully saturated rings. The Morgan fingerprint density at radius 3 is 2.25 bits per heavy atom. The molecule has 0 bridgehead atoms. The minimum atomic E-state index is -3.64. The van der Waals surface area contributed by atoms with Crippen LogP contribution in [0.2, 0.25) is 0 Å². The molecule has 3 heterocycles. The number of nitrogens with zero attached hydrogens (tertiary/aromatic N) is 3. The highest BCUT2D eigenvalue weighted by Gasteiger charge is 2.36. The molecule has 180 valence electrons. The monoisotopic (exact) mass is 466 g/mol. The highest BCUT2D eigenvalue weighted by molar-refractivity contribution is 7.89. The minimum absolute atomic E-state index is 0.0881. The number of hydrogen-bond donors (Lipinski definition) is 1. The fourth-order valence-electron chi connectivity index (χ4n) is 5.64. The molecule has 4 rings (SSSR count). The van der Waals surface area contributed by atoms with E-state index >= 15 is 0 Å². The number of piperidine rings is 2. The fraction of sp³-hybridized carbons (Fsp3) is 0.826. The zero-order valence-electron chi connectivity index (χ0n) is 19.5. The molecule has 0 unspecified atom stereocenters. The van der Waals surface area contributed by atoms with E-state index in [0.29, 0.717) is 37.4 Å². The van der Waals surface area contributed by atoms with Crippen LogP contribution >= 0.6 is 0 Å². The number of carbonyl (C=O) groups excluding carboxylic acids is 1. The first-order chi connectivity index (χ1) is 15.3. The van der Waals surface area contributed by atoms with Gasteiger partial charge in [-0.3, -0.25) is 4.79 Å². The van der Waals surface area contributed by atoms with Gasteiger partial charge in [-0.25, -0.2) is 8.42 Å². The van der Waals surface area contributed by atoms with E-state index < -0.39 is 10.0 Å². The molecule has 1 aromatic rings. The zero-order chi connectivity index (χ0) is 22.7. The van der Waals surface area contributed by atoms with E-state index in [0.717, 1.165) is 31.8 Å². The summed E-state index contributed by atoms with van der Waals surface area (Å²) in [6, 6.07) is 0.245. The van der Waals surface area contributed by atoms with Crippen molar-refractivity contribution >= 4 is 15.9 Å². The van der Waals surface area contributed by atoms with Gasteiger partial charge in [-0.05, 0) is 58.3 Å². The predicted molar refractivity (Wildman–Crippen MR) is 122 cm³/mol. The van der Waals surface area contributed by atoms with Gasteiger partial charge in [-0.15, -0.1) is 0 Å². The SMILES string of the molecule is Cc1noc(C)c1S(=O)(=O)N1CCC(C(=O)NC2CCN(CC3CCCCC3)CC2)CC1. The van der Waals surface area contributed by atoms with Crippen LogP contribution in [0.5, 0.6) is 0 Å². The first-order valence-electron chi connectivity index (χ1n) is 12.3. The molecule has 1 saturated carbocycles. The number of amides is 1. The molecule has 1 amide bonds. The summed E-state index contributed by atoms with van der Waals surface area (Å²) in [5, 5.41) is 7.03. The molecule has 8 nitrogen and oxygen atoms in total. The second-order valence-corrected chi connectivity index (χ2v) is 11.8. The summed E-state index contributed by atoms with van der Waals surface area (Å²) in [6.07, 6.45) is 10.0. The van der Waals surface area contributed by atoms with Crippen molar-refractivity contribution in [3.8, 4) is 0 Å². The number of hydrogen-bond acceptors (Lipinski definition) is 6. The maximum Gasteiger partial charge on any atom is 0.248 e. The Labute approximate surface area is 192 Å². The van der Waals surface area contributed by atoms with Crippen molar-refractivity contribution in [2.75, 3.05) is 32.7 Å². The summed E-state index contributed by atoms with van der Waals surface area (Å²) in [5.41, 5.74) is 0.386. The molecule has 2 aliphatic heterocycles. The van der Waals surface area contributed by atoms with Crippen molar-refractivity contribution in [3.05, 3.63) is 11.5 Å². The quantitative estimate of drug-likeness (QED) is 0.693. The van der Waals surface area contributed by atoms with Gasteiger partial charge in [0.2, 0.25) is 15.9 Å². The third kappa shape index (κ3) is 5.37. The van der Waals surface area contributed by atoms with Crippen LogP contribution in [0.4, 0.5) is 0 Å². The zero-order valence-corrected chi connectivity index (χ0v) is 20.3. The smallest absolute Gasteiger partial charge is 0.248 e. The van der Waals surface area contributed by atoms with Crippen molar-refractivity contribution in [1.82, 2.24) is 19.7 Å². The van der Waals surface area contributed by atoms with Gasteiger partial charge in [0.1, 0.15) is 10.6 Å². The highest BCUT2D eigenvalue weighted by Crippen LogP contribution is 2.28. The number of likely N-dealkylation sites (tertiary alicyclic amines) is 1. The van der Waals surface area contributed by atoms with Crippen LogP contribution in [0.3, 0.4) is 0 Å². The van der Waals surface area contributed by atoms with Crippen LogP contribution in [0.25, 0.3) is 0 Å². The number of carbonyl (C=O) groups is 1. The number of aromatic nitrogens is 1. The molecule has 3 aliphatic rings. The molecule has 0 aromatic carbocycles. The van der Waals surface area contributed by atoms with E-state index in [9.17, 15) is 13.2 Å². The number of aryl methyl sites for hydroxylation is 2. The molecule has 0 radical (unpaired) electrons. The summed E-state index contributed by atoms with van der Waals surface area (Å²) in [5.74, 6) is 1.15. The Balaban J connectivity index is 1.21. The number of nitrogens with one attached hydrogen (secondary N) is 1. The summed E-state index contributed by atoms with van der Waals surface area (Å²) >= 11 is 0. The molecule has 0 spiro atoms. The molecular formula is C23H38N4O4S. The van der Waals surface area contributed by atoms with E-state index in [4.69, 9.17) is 4.52 Å². The van der Waals surface area contributed by atoms with Crippen LogP contribution in [-0.2, 0) is 14.8 Å². The van der Waals surface area contributed by atoms with Crippen molar-refractivity contribution in [3.63, 3.8) is 0 Å². The fourth-order valence-corrected chi connectivity index (χ4v) is 7.40. The average molecular weight is 467 g/mol. The van der Waals surface area contributed by atoms with E-state index in [-0.39, 0.29) is 22.8 Å². The third-order valence-electron chi connectivity index (χ3n) is 7.57. The largest absolute Gasteiger partial charge is 0.360 e. The Bertz CT molecular complexity index is 858. The third-order valence-corrected chi connectivity index (χ3v) is 9.71. The lowest BCUT2D eigenvalue weighted by Crippen LogP contribution is -2.49. The molecule has 0 atom stereocenters. The van der Waals surface area contributed by atoms with E-state index in [1.165, 1.54) is 43.0 Å². The Morgan fingerprint density at radius 1 is 1.00 bits per heavy atom. The summed E-state index contributed by atoms with van der Waals surface area (Å²) in [6.45, 7) is 7.32. The van der Waals surface area contributed by atoms with Crippen LogP contribution < -0.4 is 5.32 Å². The lowest BCUT2D eigenvalue weighted by Gasteiger charge is -2.36. The molecule has 2 saturated heterocycles. The Hall–Kier alpha value is -1.45. The normalized spacial score (nSPS) is 23.4. The van der Waals surface area contributed by atoms with Crippen LogP contribution in [0, 0.1) is 25.7 Å². The Kier molecular flexibility index (Phi) is 7.57. The van der Waals surface area contributed by atoms with Gasteiger partial charge in [0.25, 0.3) is 0 Å². The standard InChI is InChI=1S/C23H38N4O4S/c1-17-22(18(2)31-25-17)32(29,30)27-14-8-20(9-15-27)23(28)24-21-10-12-26(13-11-21)16-19-6-4-3-5-7-19/h19-21H,3-16H2,1-2H3,(H,24,28). The first-order valence-corrected chi connectivity index (χ1v) is 13.7. The van der Waals surface area contributed by atoms with E-state index in [2.05, 4.69) is 15.4 Å². The first kappa shape index (κ1) is 23.7. The highest BCUT2D eigenvalue weighted by atomic mass is 32.2. The van der Waals surface area contributed by atoms with Crippen LogP contribution in [0.1, 0.15) is 69.2 Å². The predicted octanol–water partition coefficient (Wildman–Crippen LogP) is 2.85. The summed E-state index contributed by atoms with van der Waals surface area (Å²) in [7, 11) is -3.64. The van der Waals surface area contributed by atoms with E-state index in [1.54, 1.807) is 13.8 Å². The van der Waals surface area contributed by atoms with Gasteiger partial charge in [0.15, 0.2) is 5.76 Å². The van der Waals surface area contributed by atoms with Crippen molar-refractivity contribution in [2.24, 2.45) is 11.8 Å². The second kappa shape index (κ2) is 10.2. The molecule has 1 aromatic heterocycles. The minimum Gasteiger partial charge on any atom is -0.360 e. The number of rotatable bonds is 6. The topological polar surface area (TPSA) is 95.8 Å². The lowest BCUT2D eigenvalue weighted by molar-refractivity contribution is -0.127. The van der Waals surface area contributed by atoms with Gasteiger partial charge in [-0.2, -0.15) is 4.31 Å². The van der Waals surface area contributed by atoms with Gasteiger partial charge in [-0.1, -0.05) is 24.4 Å². The summed E-state index contributed by atoms with van der Waals surface area (Å²) < 4.78 is 32.5. The van der Waals surface area contributed by atoms with Crippen molar-refractivity contribution in [2.45, 2.75) is 82.6 Å². The van der Waals surface area contributed by atoms with E-state index in [1.807, 2.05) is 0 Å². The maximum atomic E-state index is 13.0. The molecule has 9 heteroatoms. The maximum absolute atomic E-state index is 13.0. The van der Waals surface area contributed by atoms with Gasteiger partial charge in [0.05, 0.1) is 0 Å². The molecular weight excluding hydrogens is 428 g/mol. The van der Waals surface area contributed by atoms with Crippen LogP contribution in [-0.4, -0.2) is 67.5 Å². The van der Waals surface area contributed by atoms with Crippen molar-refractivity contribution < 1.29 is 17.7 Å². The second-order valence-electron chi connectivity index (χ2n) is 9.92. The number of sulfonamides is 1. The van der Waals surface area contributed by atoms with Crippen LogP contribution in [0.15, 0.2) is 9.42 Å². The molecule has 32 heavy (non-hydrogen) atoms. The van der Waals surface area contributed by atoms with Gasteiger partial charge in [0, 0.05) is 44.7 Å².